The normalized spacial score (nSPS) is 14.0. The van der Waals surface area contributed by atoms with Gasteiger partial charge in [0.25, 0.3) is 11.8 Å². The average molecular weight is 891 g/mol. The van der Waals surface area contributed by atoms with E-state index in [2.05, 4.69) is 25.7 Å². The Balaban J connectivity index is 1.38. The van der Waals surface area contributed by atoms with Crippen LogP contribution in [0.15, 0.2) is 71.4 Å². The first-order chi connectivity index (χ1) is 31.1. The molecule has 0 saturated carbocycles. The van der Waals surface area contributed by atoms with Gasteiger partial charge in [0.15, 0.2) is 0 Å². The molecule has 6 rings (SSSR count). The third-order valence-electron chi connectivity index (χ3n) is 10.3. The van der Waals surface area contributed by atoms with Gasteiger partial charge in [-0.25, -0.2) is 9.97 Å². The molecular weight excluding hydrogens is 837 g/mol. The molecule has 21 nitrogen and oxygen atoms in total. The number of rotatable bonds is 19. The average Bonchev–Trinajstić information content (AvgIpc) is 3.93. The molecule has 8 N–H and O–H groups in total. The molecule has 1 fully saturated rings. The van der Waals surface area contributed by atoms with Gasteiger partial charge in [-0.2, -0.15) is 5.10 Å². The van der Waals surface area contributed by atoms with E-state index in [4.69, 9.17) is 31.7 Å². The van der Waals surface area contributed by atoms with Crippen LogP contribution in [-0.2, 0) is 29.2 Å². The van der Waals surface area contributed by atoms with Crippen molar-refractivity contribution in [2.75, 3.05) is 64.1 Å². The lowest BCUT2D eigenvalue weighted by atomic mass is 10.1. The third-order valence-corrected chi connectivity index (χ3v) is 10.3. The van der Waals surface area contributed by atoms with E-state index in [1.807, 2.05) is 31.0 Å². The molecular formula is C44H54N14O7. The fraction of sp³-hybridized carbons (Fsp3) is 0.341. The van der Waals surface area contributed by atoms with Gasteiger partial charge in [0.2, 0.25) is 29.6 Å². The summed E-state index contributed by atoms with van der Waals surface area (Å²) in [6.45, 7) is 10.3. The zero-order valence-corrected chi connectivity index (χ0v) is 37.3. The van der Waals surface area contributed by atoms with Crippen molar-refractivity contribution in [1.29, 1.82) is 0 Å². The Kier molecular flexibility index (Phi) is 14.8. The molecule has 1 aliphatic heterocycles. The molecule has 0 bridgehead atoms. The molecule has 3 aromatic heterocycles. The summed E-state index contributed by atoms with van der Waals surface area (Å²) < 4.78 is 16.9. The Morgan fingerprint density at radius 1 is 0.831 bits per heavy atom. The zero-order chi connectivity index (χ0) is 46.9. The summed E-state index contributed by atoms with van der Waals surface area (Å²) in [5.41, 5.74) is 20.6. The number of nitrogens with one attached hydrogen (secondary N) is 2. The van der Waals surface area contributed by atoms with E-state index >= 15 is 0 Å². The van der Waals surface area contributed by atoms with Crippen LogP contribution < -0.4 is 37.3 Å². The molecule has 0 spiro atoms. The number of amides is 5. The number of imidazole rings is 2. The maximum Gasteiger partial charge on any atom is 0.276 e. The van der Waals surface area contributed by atoms with Crippen molar-refractivity contribution in [3.05, 3.63) is 88.9 Å². The summed E-state index contributed by atoms with van der Waals surface area (Å²) in [6, 6.07) is 7.70. The van der Waals surface area contributed by atoms with Gasteiger partial charge in [-0.05, 0) is 77.2 Å². The molecule has 4 heterocycles. The van der Waals surface area contributed by atoms with Gasteiger partial charge in [0.1, 0.15) is 40.5 Å². The Morgan fingerprint density at radius 3 is 2.00 bits per heavy atom. The number of likely N-dealkylation sites (N-methyl/N-ethyl adjacent to an activating group) is 1. The molecule has 0 unspecified atom stereocenters. The Hall–Kier alpha value is -7.81. The minimum Gasteiger partial charge on any atom is -0.494 e. The summed E-state index contributed by atoms with van der Waals surface area (Å²) in [5.74, 6) is -1.61. The van der Waals surface area contributed by atoms with E-state index in [1.165, 1.54) is 37.5 Å². The number of carbonyl (C=O) groups excluding carboxylic acids is 5. The second-order valence-corrected chi connectivity index (χ2v) is 15.2. The Labute approximate surface area is 374 Å². The molecule has 5 aromatic rings. The number of aromatic nitrogens is 6. The third kappa shape index (κ3) is 10.9. The summed E-state index contributed by atoms with van der Waals surface area (Å²) in [6.07, 6.45) is 8.69. The highest BCUT2D eigenvalue weighted by atomic mass is 16.5. The van der Waals surface area contributed by atoms with E-state index in [-0.39, 0.29) is 65.8 Å². The Bertz CT molecular complexity index is 2770. The maximum atomic E-state index is 13.8. The van der Waals surface area contributed by atoms with E-state index in [9.17, 15) is 24.0 Å². The number of primary amides is 2. The first-order valence-electron chi connectivity index (χ1n) is 20.9. The molecule has 342 valence electrons. The van der Waals surface area contributed by atoms with Crippen LogP contribution in [0.5, 0.6) is 11.5 Å². The van der Waals surface area contributed by atoms with Crippen LogP contribution in [0.4, 0.5) is 11.9 Å². The van der Waals surface area contributed by atoms with Gasteiger partial charge in [0, 0.05) is 62.6 Å². The molecule has 1 aliphatic rings. The number of ether oxygens (including phenoxy) is 2. The van der Waals surface area contributed by atoms with Gasteiger partial charge >= 0.3 is 0 Å². The second kappa shape index (κ2) is 20.6. The molecule has 5 amide bonds. The zero-order valence-electron chi connectivity index (χ0n) is 37.3. The molecule has 0 radical (unpaired) electrons. The van der Waals surface area contributed by atoms with Crippen molar-refractivity contribution in [2.45, 2.75) is 47.3 Å². The molecule has 2 aromatic carbocycles. The van der Waals surface area contributed by atoms with Crippen molar-refractivity contribution >= 4 is 69.2 Å². The van der Waals surface area contributed by atoms with E-state index in [0.29, 0.717) is 71.9 Å². The number of hydrogen-bond acceptors (Lipinski definition) is 13. The van der Waals surface area contributed by atoms with Gasteiger partial charge in [-0.15, -0.1) is 0 Å². The van der Waals surface area contributed by atoms with Crippen LogP contribution in [0.3, 0.4) is 0 Å². The van der Waals surface area contributed by atoms with Crippen molar-refractivity contribution in [3.63, 3.8) is 0 Å². The predicted octanol–water partition coefficient (Wildman–Crippen LogP) is 2.60. The number of aryl methyl sites for hydroxylation is 2. The number of anilines is 2. The van der Waals surface area contributed by atoms with Crippen LogP contribution in [0.2, 0.25) is 0 Å². The number of nitrogens with two attached hydrogens (primary N) is 3. The first kappa shape index (κ1) is 46.7. The summed E-state index contributed by atoms with van der Waals surface area (Å²) in [5, 5.41) is 10.2. The van der Waals surface area contributed by atoms with Gasteiger partial charge in [-0.3, -0.25) is 49.2 Å². The molecule has 1 saturated heterocycles. The molecule has 0 atom stereocenters. The lowest BCUT2D eigenvalue weighted by Crippen LogP contribution is -2.48. The predicted molar refractivity (Wildman–Crippen MR) is 246 cm³/mol. The standard InChI is InChI=1S/C44H54N14O7/c1-7-48-32(19-26(3)45)41(62)51-43-49-30-21-28(39(46)60)23-34(64-6)37(30)56(43)14-9-10-15-57-38-31(50-44(57)52-42(63)33-20-27(4)53-58(33)8-2)22-29(40(47)61)24-35(38)65-18-12-11-13-55-17-16-54(5)25-36(55)59/h9-12,19-24H,7-8,13-18,25,45H2,1-6H3,(H2,46,60)(H2,47,61)(H,49,51,62)(H,50,52,63)/b10-9+,12-11-,26-19-,48-32?. The summed E-state index contributed by atoms with van der Waals surface area (Å²) in [4.78, 5) is 82.1. The molecule has 65 heavy (non-hydrogen) atoms. The number of benzene rings is 2. The van der Waals surface area contributed by atoms with Crippen molar-refractivity contribution in [1.82, 2.24) is 38.7 Å². The van der Waals surface area contributed by atoms with E-state index < -0.39 is 23.6 Å². The van der Waals surface area contributed by atoms with Crippen molar-refractivity contribution in [3.8, 4) is 11.5 Å². The highest BCUT2D eigenvalue weighted by Gasteiger charge is 2.24. The van der Waals surface area contributed by atoms with Crippen LogP contribution in [0, 0.1) is 6.92 Å². The SMILES string of the molecule is CCN=C(/C=C(/C)N)C(=O)Nc1nc2cc(C(N)=O)cc(OC)c2n1C/C=C/Cn1c(NC(=O)c2cc(C)nn2CC)nc2cc(C(N)=O)cc(OC/C=C\CN3CCN(C)CC3=O)c21. The highest BCUT2D eigenvalue weighted by Crippen LogP contribution is 2.33. The van der Waals surface area contributed by atoms with Gasteiger partial charge < -0.3 is 40.7 Å². The number of piperazine rings is 1. The minimum atomic E-state index is -0.709. The second-order valence-electron chi connectivity index (χ2n) is 15.2. The van der Waals surface area contributed by atoms with Crippen LogP contribution in [0.25, 0.3) is 22.1 Å². The number of allylic oxidation sites excluding steroid dienone is 3. The van der Waals surface area contributed by atoms with Gasteiger partial charge in [-0.1, -0.05) is 18.2 Å². The number of aliphatic imine (C=N–C) groups is 1. The van der Waals surface area contributed by atoms with Crippen LogP contribution in [0.1, 0.15) is 57.7 Å². The smallest absolute Gasteiger partial charge is 0.276 e. The summed E-state index contributed by atoms with van der Waals surface area (Å²) in [7, 11) is 3.34. The van der Waals surface area contributed by atoms with Gasteiger partial charge in [0.05, 0.1) is 30.4 Å². The number of nitrogens with zero attached hydrogens (tertiary/aromatic N) is 9. The summed E-state index contributed by atoms with van der Waals surface area (Å²) >= 11 is 0. The lowest BCUT2D eigenvalue weighted by Gasteiger charge is -2.31. The topological polar surface area (TPSA) is 278 Å². The lowest BCUT2D eigenvalue weighted by molar-refractivity contribution is -0.134. The number of fused-ring (bicyclic) bond motifs is 2. The maximum absolute atomic E-state index is 13.8. The Morgan fingerprint density at radius 2 is 1.43 bits per heavy atom. The minimum absolute atomic E-state index is 0.0352. The van der Waals surface area contributed by atoms with Crippen molar-refractivity contribution < 1.29 is 33.4 Å². The van der Waals surface area contributed by atoms with E-state index in [0.717, 1.165) is 6.54 Å². The van der Waals surface area contributed by atoms with Crippen LogP contribution in [-0.4, -0.2) is 127 Å². The number of methoxy groups -OCH3 is 1. The molecule has 21 heteroatoms. The number of hydrogen-bond donors (Lipinski definition) is 5. The number of carbonyl (C=O) groups is 5. The van der Waals surface area contributed by atoms with E-state index in [1.54, 1.807) is 57.7 Å². The van der Waals surface area contributed by atoms with Crippen LogP contribution >= 0.6 is 0 Å². The monoisotopic (exact) mass is 890 g/mol. The quantitative estimate of drug-likeness (QED) is 0.0591. The molecule has 0 aliphatic carbocycles. The highest BCUT2D eigenvalue weighted by molar-refractivity contribution is 6.47. The first-order valence-corrected chi connectivity index (χ1v) is 20.9. The largest absolute Gasteiger partial charge is 0.494 e. The van der Waals surface area contributed by atoms with Crippen molar-refractivity contribution in [2.24, 2.45) is 22.2 Å². The fourth-order valence-corrected chi connectivity index (χ4v) is 7.21. The fourth-order valence-electron chi connectivity index (χ4n) is 7.21.